The predicted molar refractivity (Wildman–Crippen MR) is 80.0 cm³/mol. The van der Waals surface area contributed by atoms with Crippen LogP contribution in [0, 0.1) is 0 Å². The van der Waals surface area contributed by atoms with E-state index in [0.29, 0.717) is 6.04 Å². The molecular weight excluding hydrogens is 268 g/mol. The Hall–Kier alpha value is -1.30. The van der Waals surface area contributed by atoms with Gasteiger partial charge >= 0.3 is 6.03 Å². The van der Waals surface area contributed by atoms with Crippen LogP contribution in [0.25, 0.3) is 0 Å². The highest BCUT2D eigenvalue weighted by Crippen LogP contribution is 2.21. The molecule has 0 bridgehead atoms. The van der Waals surface area contributed by atoms with Gasteiger partial charge < -0.3 is 15.1 Å². The van der Waals surface area contributed by atoms with E-state index in [-0.39, 0.29) is 18.0 Å². The summed E-state index contributed by atoms with van der Waals surface area (Å²) in [5, 5.41) is 2.87. The van der Waals surface area contributed by atoms with Crippen LogP contribution in [0.5, 0.6) is 0 Å². The second kappa shape index (κ2) is 6.22. The van der Waals surface area contributed by atoms with Crippen LogP contribution in [0.2, 0.25) is 0 Å². The largest absolute Gasteiger partial charge is 0.341 e. The minimum Gasteiger partial charge on any atom is -0.341 e. The summed E-state index contributed by atoms with van der Waals surface area (Å²) in [5.41, 5.74) is 0. The number of piperidine rings is 1. The summed E-state index contributed by atoms with van der Waals surface area (Å²) in [6.07, 6.45) is 4.24. The third-order valence-corrected chi connectivity index (χ3v) is 5.15. The smallest absolute Gasteiger partial charge is 0.317 e. The molecule has 6 nitrogen and oxygen atoms in total. The number of urea groups is 1. The van der Waals surface area contributed by atoms with Gasteiger partial charge in [0, 0.05) is 45.3 Å². The first kappa shape index (κ1) is 14.6. The lowest BCUT2D eigenvalue weighted by Gasteiger charge is -2.39. The van der Waals surface area contributed by atoms with Gasteiger partial charge in [0.15, 0.2) is 0 Å². The highest BCUT2D eigenvalue weighted by Gasteiger charge is 2.34. The first-order valence-corrected chi connectivity index (χ1v) is 8.24. The fourth-order valence-corrected chi connectivity index (χ4v) is 3.78. The SMILES string of the molecule is CC(C(=O)N1CCCC1)N1CCC(N2CCNC2=O)CC1. The summed E-state index contributed by atoms with van der Waals surface area (Å²) < 4.78 is 0. The minimum absolute atomic E-state index is 0.0172. The molecule has 0 aromatic heterocycles. The summed E-state index contributed by atoms with van der Waals surface area (Å²) in [6, 6.07) is 0.406. The van der Waals surface area contributed by atoms with Gasteiger partial charge in [-0.3, -0.25) is 9.69 Å². The second-order valence-electron chi connectivity index (χ2n) is 6.40. The molecule has 0 aromatic rings. The van der Waals surface area contributed by atoms with Crippen molar-refractivity contribution in [3.63, 3.8) is 0 Å². The molecule has 1 atom stereocenters. The summed E-state index contributed by atoms with van der Waals surface area (Å²) in [6.45, 7) is 7.30. The fraction of sp³-hybridized carbons (Fsp3) is 0.867. The molecule has 0 aromatic carbocycles. The van der Waals surface area contributed by atoms with Crippen LogP contribution in [-0.4, -0.2) is 78.0 Å². The number of carbonyl (C=O) groups excluding carboxylic acids is 2. The van der Waals surface area contributed by atoms with Gasteiger partial charge in [0.05, 0.1) is 6.04 Å². The molecule has 3 amide bonds. The summed E-state index contributed by atoms with van der Waals surface area (Å²) in [7, 11) is 0. The normalized spacial score (nSPS) is 26.2. The zero-order valence-corrected chi connectivity index (χ0v) is 12.9. The quantitative estimate of drug-likeness (QED) is 0.824. The molecule has 3 heterocycles. The van der Waals surface area contributed by atoms with Gasteiger partial charge in [0.1, 0.15) is 0 Å². The van der Waals surface area contributed by atoms with Gasteiger partial charge in [-0.25, -0.2) is 4.79 Å². The molecule has 0 radical (unpaired) electrons. The highest BCUT2D eigenvalue weighted by molar-refractivity contribution is 5.81. The number of nitrogens with zero attached hydrogens (tertiary/aromatic N) is 3. The van der Waals surface area contributed by atoms with Crippen molar-refractivity contribution < 1.29 is 9.59 Å². The van der Waals surface area contributed by atoms with Crippen molar-refractivity contribution in [2.45, 2.75) is 44.7 Å². The van der Waals surface area contributed by atoms with Gasteiger partial charge in [0.2, 0.25) is 5.91 Å². The molecule has 21 heavy (non-hydrogen) atoms. The Morgan fingerprint density at radius 3 is 2.38 bits per heavy atom. The van der Waals surface area contributed by atoms with Crippen molar-refractivity contribution in [3.8, 4) is 0 Å². The summed E-state index contributed by atoms with van der Waals surface area (Å²) in [5.74, 6) is 0.282. The molecule has 3 fully saturated rings. The third-order valence-electron chi connectivity index (χ3n) is 5.15. The Morgan fingerprint density at radius 2 is 1.81 bits per heavy atom. The molecule has 3 rings (SSSR count). The topological polar surface area (TPSA) is 55.9 Å². The van der Waals surface area contributed by atoms with Crippen molar-refractivity contribution in [2.24, 2.45) is 0 Å². The molecule has 0 spiro atoms. The van der Waals surface area contributed by atoms with E-state index in [1.807, 2.05) is 16.7 Å². The predicted octanol–water partition coefficient (Wildman–Crippen LogP) is 0.487. The van der Waals surface area contributed by atoms with Gasteiger partial charge in [-0.2, -0.15) is 0 Å². The lowest BCUT2D eigenvalue weighted by atomic mass is 10.0. The Bertz CT molecular complexity index is 400. The first-order chi connectivity index (χ1) is 10.2. The molecule has 3 aliphatic heterocycles. The van der Waals surface area contributed by atoms with E-state index in [4.69, 9.17) is 0 Å². The number of hydrogen-bond acceptors (Lipinski definition) is 3. The maximum Gasteiger partial charge on any atom is 0.317 e. The molecule has 0 aliphatic carbocycles. The maximum atomic E-state index is 12.4. The van der Waals surface area contributed by atoms with Gasteiger partial charge in [-0.1, -0.05) is 0 Å². The number of amides is 3. The molecule has 6 heteroatoms. The van der Waals surface area contributed by atoms with Crippen LogP contribution in [0.1, 0.15) is 32.6 Å². The van der Waals surface area contributed by atoms with E-state index in [1.54, 1.807) is 0 Å². The minimum atomic E-state index is -0.0172. The Kier molecular flexibility index (Phi) is 4.33. The van der Waals surface area contributed by atoms with Crippen LogP contribution >= 0.6 is 0 Å². The Balaban J connectivity index is 1.50. The number of nitrogens with one attached hydrogen (secondary N) is 1. The van der Waals surface area contributed by atoms with Crippen molar-refractivity contribution >= 4 is 11.9 Å². The third kappa shape index (κ3) is 3.00. The van der Waals surface area contributed by atoms with Crippen molar-refractivity contribution in [3.05, 3.63) is 0 Å². The van der Waals surface area contributed by atoms with E-state index < -0.39 is 0 Å². The molecule has 0 saturated carbocycles. The van der Waals surface area contributed by atoms with Gasteiger partial charge in [0.25, 0.3) is 0 Å². The van der Waals surface area contributed by atoms with Crippen molar-refractivity contribution in [1.29, 1.82) is 0 Å². The highest BCUT2D eigenvalue weighted by atomic mass is 16.2. The van der Waals surface area contributed by atoms with Gasteiger partial charge in [-0.15, -0.1) is 0 Å². The van der Waals surface area contributed by atoms with Crippen molar-refractivity contribution in [2.75, 3.05) is 39.3 Å². The van der Waals surface area contributed by atoms with Crippen LogP contribution < -0.4 is 5.32 Å². The number of rotatable bonds is 3. The van der Waals surface area contributed by atoms with Crippen LogP contribution in [0.4, 0.5) is 4.79 Å². The first-order valence-electron chi connectivity index (χ1n) is 8.24. The Morgan fingerprint density at radius 1 is 1.14 bits per heavy atom. The van der Waals surface area contributed by atoms with E-state index >= 15 is 0 Å². The van der Waals surface area contributed by atoms with Crippen LogP contribution in [0.3, 0.4) is 0 Å². The van der Waals surface area contributed by atoms with E-state index in [2.05, 4.69) is 10.2 Å². The van der Waals surface area contributed by atoms with Crippen LogP contribution in [0.15, 0.2) is 0 Å². The molecular formula is C15H26N4O2. The number of carbonyl (C=O) groups is 2. The maximum absolute atomic E-state index is 12.4. The van der Waals surface area contributed by atoms with Crippen molar-refractivity contribution in [1.82, 2.24) is 20.0 Å². The number of hydrogen-bond donors (Lipinski definition) is 1. The average molecular weight is 294 g/mol. The zero-order chi connectivity index (χ0) is 14.8. The molecule has 1 N–H and O–H groups in total. The molecule has 3 aliphatic rings. The Labute approximate surface area is 126 Å². The zero-order valence-electron chi connectivity index (χ0n) is 12.9. The van der Waals surface area contributed by atoms with Gasteiger partial charge in [-0.05, 0) is 32.6 Å². The average Bonchev–Trinajstić information content (AvgIpc) is 3.17. The summed E-state index contributed by atoms with van der Waals surface area (Å²) >= 11 is 0. The number of likely N-dealkylation sites (tertiary alicyclic amines) is 2. The summed E-state index contributed by atoms with van der Waals surface area (Å²) in [4.78, 5) is 30.4. The standard InChI is InChI=1S/C15H26N4O2/c1-12(14(20)18-7-2-3-8-18)17-9-4-13(5-10-17)19-11-6-16-15(19)21/h12-13H,2-11H2,1H3,(H,16,21). The van der Waals surface area contributed by atoms with Crippen LogP contribution in [-0.2, 0) is 4.79 Å². The lowest BCUT2D eigenvalue weighted by molar-refractivity contribution is -0.135. The molecule has 1 unspecified atom stereocenters. The van der Waals surface area contributed by atoms with E-state index in [9.17, 15) is 9.59 Å². The fourth-order valence-electron chi connectivity index (χ4n) is 3.78. The monoisotopic (exact) mass is 294 g/mol. The van der Waals surface area contributed by atoms with E-state index in [0.717, 1.165) is 65.0 Å². The molecule has 3 saturated heterocycles. The van der Waals surface area contributed by atoms with E-state index in [1.165, 1.54) is 0 Å². The second-order valence-corrected chi connectivity index (χ2v) is 6.40. The lowest BCUT2D eigenvalue weighted by Crippen LogP contribution is -2.52. The molecule has 118 valence electrons.